The molecule has 0 saturated carbocycles. The Morgan fingerprint density at radius 1 is 0.429 bits per heavy atom. The molecule has 0 bridgehead atoms. The van der Waals surface area contributed by atoms with Gasteiger partial charge >= 0.3 is 0 Å². The molecule has 0 saturated heterocycles. The number of nitrogens with zero attached hydrogens (tertiary/aromatic N) is 1. The van der Waals surface area contributed by atoms with Crippen LogP contribution in [0.5, 0.6) is 0 Å². The van der Waals surface area contributed by atoms with Crippen LogP contribution < -0.4 is 0 Å². The molecule has 0 radical (unpaired) electrons. The van der Waals surface area contributed by atoms with Crippen LogP contribution in [0.15, 0.2) is 152 Å². The van der Waals surface area contributed by atoms with E-state index < -0.39 is 0 Å². The fourth-order valence-electron chi connectivity index (χ4n) is 7.00. The zero-order valence-electron chi connectivity index (χ0n) is 23.1. The van der Waals surface area contributed by atoms with E-state index in [2.05, 4.69) is 156 Å². The lowest BCUT2D eigenvalue weighted by molar-refractivity contribution is 1.18. The Morgan fingerprint density at radius 3 is 1.93 bits per heavy atom. The van der Waals surface area contributed by atoms with Crippen LogP contribution in [0.25, 0.3) is 71.6 Å². The number of para-hydroxylation sites is 1. The van der Waals surface area contributed by atoms with Crippen LogP contribution in [0, 0.1) is 0 Å². The van der Waals surface area contributed by atoms with Gasteiger partial charge in [-0.3, -0.25) is 0 Å². The molecule has 0 N–H and O–H groups in total. The molecule has 0 unspecified atom stereocenters. The second-order valence-electron chi connectivity index (χ2n) is 11.4. The highest BCUT2D eigenvalue weighted by atomic mass is 15.0. The lowest BCUT2D eigenvalue weighted by Gasteiger charge is -2.14. The van der Waals surface area contributed by atoms with Crippen LogP contribution in [-0.2, 0) is 6.42 Å². The number of rotatable bonds is 3. The van der Waals surface area contributed by atoms with E-state index in [1.807, 2.05) is 0 Å². The van der Waals surface area contributed by atoms with E-state index in [0.717, 1.165) is 6.42 Å². The summed E-state index contributed by atoms with van der Waals surface area (Å²) in [4.78, 5) is 0. The molecule has 196 valence electrons. The van der Waals surface area contributed by atoms with E-state index in [9.17, 15) is 0 Å². The van der Waals surface area contributed by atoms with Crippen molar-refractivity contribution in [3.8, 4) is 39.1 Å². The van der Waals surface area contributed by atoms with Gasteiger partial charge in [-0.05, 0) is 80.4 Å². The molecule has 1 aliphatic carbocycles. The van der Waals surface area contributed by atoms with E-state index in [-0.39, 0.29) is 0 Å². The third-order valence-electron chi connectivity index (χ3n) is 8.97. The monoisotopic (exact) mass is 533 g/mol. The maximum atomic E-state index is 2.50. The van der Waals surface area contributed by atoms with Crippen LogP contribution in [0.2, 0.25) is 0 Å². The molecule has 9 rings (SSSR count). The molecule has 0 spiro atoms. The molecular weight excluding hydrogens is 506 g/mol. The van der Waals surface area contributed by atoms with Crippen LogP contribution >= 0.6 is 0 Å². The SMILES string of the molecule is c1ccc(-c2ccc(-c3cccc(-n4c5ccccc5c5ccc6c(c54)-c4cc5ccccc5cc4C6)c3)cc2)cc1. The minimum absolute atomic E-state index is 0.973. The number of hydrogen-bond acceptors (Lipinski definition) is 0. The van der Waals surface area contributed by atoms with E-state index in [1.54, 1.807) is 0 Å². The highest BCUT2D eigenvalue weighted by molar-refractivity contribution is 6.15. The summed E-state index contributed by atoms with van der Waals surface area (Å²) >= 11 is 0. The molecule has 1 heteroatoms. The number of aromatic nitrogens is 1. The van der Waals surface area contributed by atoms with E-state index in [0.29, 0.717) is 0 Å². The third-order valence-corrected chi connectivity index (χ3v) is 8.97. The van der Waals surface area contributed by atoms with Crippen molar-refractivity contribution in [1.29, 1.82) is 0 Å². The average molecular weight is 534 g/mol. The summed E-state index contributed by atoms with van der Waals surface area (Å²) in [6.07, 6.45) is 0.973. The molecule has 1 aliphatic rings. The molecule has 1 aromatic heterocycles. The van der Waals surface area contributed by atoms with Gasteiger partial charge in [-0.25, -0.2) is 0 Å². The first-order valence-corrected chi connectivity index (χ1v) is 14.7. The molecule has 42 heavy (non-hydrogen) atoms. The largest absolute Gasteiger partial charge is 0.309 e. The minimum atomic E-state index is 0.973. The molecular formula is C41H27N. The Balaban J connectivity index is 1.26. The predicted octanol–water partition coefficient (Wildman–Crippen LogP) is 10.8. The summed E-state index contributed by atoms with van der Waals surface area (Å²) < 4.78 is 2.50. The van der Waals surface area contributed by atoms with Crippen LogP contribution in [0.3, 0.4) is 0 Å². The van der Waals surface area contributed by atoms with Gasteiger partial charge in [0, 0.05) is 22.0 Å². The van der Waals surface area contributed by atoms with E-state index >= 15 is 0 Å². The van der Waals surface area contributed by atoms with Gasteiger partial charge in [0.2, 0.25) is 0 Å². The van der Waals surface area contributed by atoms with Crippen molar-refractivity contribution < 1.29 is 0 Å². The van der Waals surface area contributed by atoms with Crippen LogP contribution in [-0.4, -0.2) is 4.57 Å². The van der Waals surface area contributed by atoms with Crippen LogP contribution in [0.1, 0.15) is 11.1 Å². The van der Waals surface area contributed by atoms with Gasteiger partial charge in [-0.15, -0.1) is 0 Å². The quantitative estimate of drug-likeness (QED) is 0.213. The van der Waals surface area contributed by atoms with Crippen molar-refractivity contribution in [3.63, 3.8) is 0 Å². The first kappa shape index (κ1) is 23.3. The molecule has 1 nitrogen and oxygen atoms in total. The summed E-state index contributed by atoms with van der Waals surface area (Å²) in [5.74, 6) is 0. The minimum Gasteiger partial charge on any atom is -0.309 e. The first-order chi connectivity index (χ1) is 20.8. The van der Waals surface area contributed by atoms with E-state index in [1.165, 1.54) is 82.8 Å². The van der Waals surface area contributed by atoms with Crippen molar-refractivity contribution in [2.45, 2.75) is 6.42 Å². The zero-order chi connectivity index (χ0) is 27.6. The molecule has 0 fully saturated rings. The van der Waals surface area contributed by atoms with Gasteiger partial charge in [-0.1, -0.05) is 127 Å². The van der Waals surface area contributed by atoms with Crippen molar-refractivity contribution in [2.24, 2.45) is 0 Å². The summed E-state index contributed by atoms with van der Waals surface area (Å²) in [6.45, 7) is 0. The number of benzene rings is 7. The third kappa shape index (κ3) is 3.50. The Labute approximate surface area is 244 Å². The Bertz CT molecular complexity index is 2300. The Kier molecular flexibility index (Phi) is 5.03. The molecule has 7 aromatic carbocycles. The molecule has 1 heterocycles. The van der Waals surface area contributed by atoms with Gasteiger partial charge in [0.1, 0.15) is 0 Å². The van der Waals surface area contributed by atoms with Crippen molar-refractivity contribution in [1.82, 2.24) is 4.57 Å². The van der Waals surface area contributed by atoms with Gasteiger partial charge in [0.05, 0.1) is 11.0 Å². The lowest BCUT2D eigenvalue weighted by atomic mass is 9.98. The smallest absolute Gasteiger partial charge is 0.0622 e. The normalized spacial score (nSPS) is 12.2. The fourth-order valence-corrected chi connectivity index (χ4v) is 7.00. The Morgan fingerprint density at radius 2 is 1.10 bits per heavy atom. The van der Waals surface area contributed by atoms with Crippen LogP contribution in [0.4, 0.5) is 0 Å². The maximum absolute atomic E-state index is 2.50. The topological polar surface area (TPSA) is 4.93 Å². The highest BCUT2D eigenvalue weighted by Gasteiger charge is 2.25. The molecule has 0 aliphatic heterocycles. The summed E-state index contributed by atoms with van der Waals surface area (Å²) in [5.41, 5.74) is 14.2. The summed E-state index contributed by atoms with van der Waals surface area (Å²) in [7, 11) is 0. The van der Waals surface area contributed by atoms with Gasteiger partial charge < -0.3 is 4.57 Å². The molecule has 8 aromatic rings. The summed E-state index contributed by atoms with van der Waals surface area (Å²) in [6, 6.07) is 55.6. The second kappa shape index (κ2) is 9.06. The van der Waals surface area contributed by atoms with Gasteiger partial charge in [0.15, 0.2) is 0 Å². The van der Waals surface area contributed by atoms with Gasteiger partial charge in [-0.2, -0.15) is 0 Å². The Hall–Kier alpha value is -5.40. The maximum Gasteiger partial charge on any atom is 0.0622 e. The van der Waals surface area contributed by atoms with Crippen molar-refractivity contribution in [2.75, 3.05) is 0 Å². The fraction of sp³-hybridized carbons (Fsp3) is 0.0244. The van der Waals surface area contributed by atoms with E-state index in [4.69, 9.17) is 0 Å². The lowest BCUT2D eigenvalue weighted by Crippen LogP contribution is -1.96. The first-order valence-electron chi connectivity index (χ1n) is 14.7. The standard InChI is InChI=1S/C41H27N/c1-2-9-27(10-3-1)28-17-19-29(20-18-28)31-13-8-14-35(25-31)42-39-16-7-6-15-36(39)37-22-21-33-24-34-23-30-11-4-5-12-32(30)26-38(34)40(33)41(37)42/h1-23,25-26H,24H2. The number of hydrogen-bond donors (Lipinski definition) is 0. The molecule has 0 amide bonds. The van der Waals surface area contributed by atoms with Crippen molar-refractivity contribution in [3.05, 3.63) is 163 Å². The highest BCUT2D eigenvalue weighted by Crippen LogP contribution is 2.46. The van der Waals surface area contributed by atoms with Gasteiger partial charge in [0.25, 0.3) is 0 Å². The predicted molar refractivity (Wildman–Crippen MR) is 177 cm³/mol. The second-order valence-corrected chi connectivity index (χ2v) is 11.4. The molecule has 0 atom stereocenters. The van der Waals surface area contributed by atoms with Crippen molar-refractivity contribution >= 4 is 32.6 Å². The average Bonchev–Trinajstić information content (AvgIpc) is 3.59. The zero-order valence-corrected chi connectivity index (χ0v) is 23.1. The number of fused-ring (bicyclic) bond motifs is 8. The summed E-state index contributed by atoms with van der Waals surface area (Å²) in [5, 5.41) is 5.21.